The summed E-state index contributed by atoms with van der Waals surface area (Å²) in [5.41, 5.74) is 2.38. The molecule has 7 heteroatoms. The van der Waals surface area contributed by atoms with Crippen LogP contribution in [0.5, 0.6) is 0 Å². The topological polar surface area (TPSA) is 87.7 Å². The van der Waals surface area contributed by atoms with Gasteiger partial charge in [0.1, 0.15) is 0 Å². The lowest BCUT2D eigenvalue weighted by molar-refractivity contribution is -0.136. The SMILES string of the molecule is Cc1ccc(C(CNC(=O)C(=O)Nc2cccc(Cl)c2)OCCO)cc1. The van der Waals surface area contributed by atoms with Crippen LogP contribution < -0.4 is 10.6 Å². The predicted molar refractivity (Wildman–Crippen MR) is 100 cm³/mol. The summed E-state index contributed by atoms with van der Waals surface area (Å²) in [6.45, 7) is 2.06. The van der Waals surface area contributed by atoms with Crippen molar-refractivity contribution in [1.29, 1.82) is 0 Å². The first-order valence-electron chi connectivity index (χ1n) is 8.13. The first-order chi connectivity index (χ1) is 12.5. The summed E-state index contributed by atoms with van der Waals surface area (Å²) >= 11 is 5.85. The molecule has 0 aliphatic heterocycles. The van der Waals surface area contributed by atoms with Crippen molar-refractivity contribution in [2.75, 3.05) is 25.1 Å². The maximum absolute atomic E-state index is 12.0. The Morgan fingerprint density at radius 2 is 1.88 bits per heavy atom. The first kappa shape index (κ1) is 19.9. The fraction of sp³-hybridized carbons (Fsp3) is 0.263. The van der Waals surface area contributed by atoms with Crippen LogP contribution in [0.2, 0.25) is 5.02 Å². The number of aryl methyl sites for hydroxylation is 1. The van der Waals surface area contributed by atoms with Gasteiger partial charge in [0.25, 0.3) is 0 Å². The number of aliphatic hydroxyl groups excluding tert-OH is 1. The van der Waals surface area contributed by atoms with E-state index in [-0.39, 0.29) is 19.8 Å². The van der Waals surface area contributed by atoms with Gasteiger partial charge in [0.15, 0.2) is 0 Å². The minimum absolute atomic E-state index is 0.102. The summed E-state index contributed by atoms with van der Waals surface area (Å²) in [5.74, 6) is -1.58. The Morgan fingerprint density at radius 1 is 1.15 bits per heavy atom. The lowest BCUT2D eigenvalue weighted by atomic mass is 10.1. The number of rotatable bonds is 7. The minimum atomic E-state index is -0.794. The molecule has 138 valence electrons. The molecule has 3 N–H and O–H groups in total. The maximum Gasteiger partial charge on any atom is 0.313 e. The number of anilines is 1. The molecule has 0 aliphatic rings. The van der Waals surface area contributed by atoms with Crippen LogP contribution in [0, 0.1) is 6.92 Å². The van der Waals surface area contributed by atoms with Crippen LogP contribution in [0.4, 0.5) is 5.69 Å². The molecule has 1 atom stereocenters. The van der Waals surface area contributed by atoms with E-state index >= 15 is 0 Å². The van der Waals surface area contributed by atoms with Crippen LogP contribution in [0.1, 0.15) is 17.2 Å². The Labute approximate surface area is 157 Å². The van der Waals surface area contributed by atoms with Gasteiger partial charge in [-0.05, 0) is 30.7 Å². The summed E-state index contributed by atoms with van der Waals surface area (Å²) in [4.78, 5) is 24.0. The van der Waals surface area contributed by atoms with E-state index in [0.29, 0.717) is 10.7 Å². The van der Waals surface area contributed by atoms with Gasteiger partial charge >= 0.3 is 11.8 Å². The lowest BCUT2D eigenvalue weighted by Gasteiger charge is -2.18. The molecule has 0 spiro atoms. The fourth-order valence-corrected chi connectivity index (χ4v) is 2.46. The second-order valence-electron chi connectivity index (χ2n) is 5.67. The zero-order valence-electron chi connectivity index (χ0n) is 14.4. The molecule has 2 aromatic rings. The normalized spacial score (nSPS) is 11.7. The Kier molecular flexibility index (Phi) is 7.59. The number of aliphatic hydroxyl groups is 1. The smallest absolute Gasteiger partial charge is 0.313 e. The largest absolute Gasteiger partial charge is 0.394 e. The highest BCUT2D eigenvalue weighted by molar-refractivity contribution is 6.39. The third kappa shape index (κ3) is 6.15. The Morgan fingerprint density at radius 3 is 2.54 bits per heavy atom. The lowest BCUT2D eigenvalue weighted by Crippen LogP contribution is -2.38. The average molecular weight is 377 g/mol. The third-order valence-corrected chi connectivity index (χ3v) is 3.83. The maximum atomic E-state index is 12.0. The highest BCUT2D eigenvalue weighted by atomic mass is 35.5. The first-order valence-corrected chi connectivity index (χ1v) is 8.51. The van der Waals surface area contributed by atoms with E-state index in [1.807, 2.05) is 31.2 Å². The van der Waals surface area contributed by atoms with Gasteiger partial charge < -0.3 is 20.5 Å². The van der Waals surface area contributed by atoms with Crippen molar-refractivity contribution in [2.24, 2.45) is 0 Å². The van der Waals surface area contributed by atoms with Gasteiger partial charge in [-0.25, -0.2) is 0 Å². The van der Waals surface area contributed by atoms with E-state index in [2.05, 4.69) is 10.6 Å². The van der Waals surface area contributed by atoms with E-state index in [1.165, 1.54) is 0 Å². The Bertz CT molecular complexity index is 749. The monoisotopic (exact) mass is 376 g/mol. The van der Waals surface area contributed by atoms with E-state index < -0.39 is 17.9 Å². The summed E-state index contributed by atoms with van der Waals surface area (Å²) in [6, 6.07) is 14.2. The van der Waals surface area contributed by atoms with Gasteiger partial charge in [-0.2, -0.15) is 0 Å². The zero-order valence-corrected chi connectivity index (χ0v) is 15.1. The molecule has 26 heavy (non-hydrogen) atoms. The molecule has 0 saturated heterocycles. The molecule has 0 aliphatic carbocycles. The molecular weight excluding hydrogens is 356 g/mol. The third-order valence-electron chi connectivity index (χ3n) is 3.60. The number of carbonyl (C=O) groups excluding carboxylic acids is 2. The molecule has 2 aromatic carbocycles. The van der Waals surface area contributed by atoms with Crippen molar-refractivity contribution >= 4 is 29.1 Å². The van der Waals surface area contributed by atoms with Gasteiger partial charge in [0.2, 0.25) is 0 Å². The quantitative estimate of drug-likeness (QED) is 0.648. The number of hydrogen-bond donors (Lipinski definition) is 3. The molecule has 0 fully saturated rings. The number of carbonyl (C=O) groups is 2. The molecule has 2 amide bonds. The Hall–Kier alpha value is -2.41. The van der Waals surface area contributed by atoms with Crippen LogP contribution >= 0.6 is 11.6 Å². The molecular formula is C19H21ClN2O4. The van der Waals surface area contributed by atoms with Gasteiger partial charge in [-0.1, -0.05) is 47.5 Å². The van der Waals surface area contributed by atoms with Crippen molar-refractivity contribution in [3.05, 3.63) is 64.7 Å². The van der Waals surface area contributed by atoms with Crippen LogP contribution in [-0.2, 0) is 14.3 Å². The molecule has 0 aromatic heterocycles. The van der Waals surface area contributed by atoms with E-state index in [0.717, 1.165) is 11.1 Å². The van der Waals surface area contributed by atoms with Crippen LogP contribution in [0.15, 0.2) is 48.5 Å². The summed E-state index contributed by atoms with van der Waals surface area (Å²) < 4.78 is 5.57. The number of benzene rings is 2. The van der Waals surface area contributed by atoms with Crippen molar-refractivity contribution in [3.8, 4) is 0 Å². The van der Waals surface area contributed by atoms with E-state index in [1.54, 1.807) is 24.3 Å². The van der Waals surface area contributed by atoms with Gasteiger partial charge in [0.05, 0.1) is 19.3 Å². The van der Waals surface area contributed by atoms with Crippen LogP contribution in [0.3, 0.4) is 0 Å². The van der Waals surface area contributed by atoms with Crippen LogP contribution in [0.25, 0.3) is 0 Å². The number of nitrogens with one attached hydrogen (secondary N) is 2. The fourth-order valence-electron chi connectivity index (χ4n) is 2.27. The predicted octanol–water partition coefficient (Wildman–Crippen LogP) is 2.45. The molecule has 0 heterocycles. The zero-order chi connectivity index (χ0) is 18.9. The second kappa shape index (κ2) is 9.91. The molecule has 0 radical (unpaired) electrons. The molecule has 0 saturated carbocycles. The number of amides is 2. The summed E-state index contributed by atoms with van der Waals surface area (Å²) in [7, 11) is 0. The van der Waals surface area contributed by atoms with E-state index in [9.17, 15) is 9.59 Å². The molecule has 6 nitrogen and oxygen atoms in total. The van der Waals surface area contributed by atoms with Gasteiger partial charge in [-0.15, -0.1) is 0 Å². The van der Waals surface area contributed by atoms with Crippen molar-refractivity contribution in [1.82, 2.24) is 5.32 Å². The van der Waals surface area contributed by atoms with Crippen molar-refractivity contribution < 1.29 is 19.4 Å². The number of ether oxygens (including phenoxy) is 1. The minimum Gasteiger partial charge on any atom is -0.394 e. The Balaban J connectivity index is 1.94. The van der Waals surface area contributed by atoms with Crippen molar-refractivity contribution in [2.45, 2.75) is 13.0 Å². The summed E-state index contributed by atoms with van der Waals surface area (Å²) in [5, 5.41) is 14.5. The highest BCUT2D eigenvalue weighted by Crippen LogP contribution is 2.17. The van der Waals surface area contributed by atoms with Gasteiger partial charge in [0, 0.05) is 17.3 Å². The molecule has 2 rings (SSSR count). The number of halogens is 1. The van der Waals surface area contributed by atoms with E-state index in [4.69, 9.17) is 21.4 Å². The van der Waals surface area contributed by atoms with Gasteiger partial charge in [-0.3, -0.25) is 9.59 Å². The second-order valence-corrected chi connectivity index (χ2v) is 6.10. The molecule has 1 unspecified atom stereocenters. The number of hydrogen-bond acceptors (Lipinski definition) is 4. The standard InChI is InChI=1S/C19H21ClN2O4/c1-13-5-7-14(8-6-13)17(26-10-9-23)12-21-18(24)19(25)22-16-4-2-3-15(20)11-16/h2-8,11,17,23H,9-10,12H2,1H3,(H,21,24)(H,22,25). The van der Waals surface area contributed by atoms with Crippen molar-refractivity contribution in [3.63, 3.8) is 0 Å². The highest BCUT2D eigenvalue weighted by Gasteiger charge is 2.18. The average Bonchev–Trinajstić information content (AvgIpc) is 2.62. The summed E-state index contributed by atoms with van der Waals surface area (Å²) in [6.07, 6.45) is -0.467. The molecule has 0 bridgehead atoms. The van der Waals surface area contributed by atoms with Crippen LogP contribution in [-0.4, -0.2) is 36.7 Å².